The standard InChI is InChI=1S/C19H17N3O4S/c1-12-10-14(22-26-12)11-27-18-15(8-5-9-21-18)19(24)25-16(17(20)23)13-6-3-2-4-7-13/h2-10,16H,11H2,1H3,(H2,20,23). The lowest BCUT2D eigenvalue weighted by molar-refractivity contribution is -0.127. The summed E-state index contributed by atoms with van der Waals surface area (Å²) in [5.41, 5.74) is 6.92. The molecule has 3 rings (SSSR count). The second-order valence-electron chi connectivity index (χ2n) is 5.67. The summed E-state index contributed by atoms with van der Waals surface area (Å²) in [6, 6.07) is 13.7. The fourth-order valence-corrected chi connectivity index (χ4v) is 3.24. The number of pyridine rings is 1. The quantitative estimate of drug-likeness (QED) is 0.493. The summed E-state index contributed by atoms with van der Waals surface area (Å²) in [6.07, 6.45) is 0.408. The summed E-state index contributed by atoms with van der Waals surface area (Å²) in [6.45, 7) is 1.80. The van der Waals surface area contributed by atoms with Gasteiger partial charge in [-0.25, -0.2) is 9.78 Å². The van der Waals surface area contributed by atoms with E-state index in [2.05, 4.69) is 10.1 Å². The second kappa shape index (κ2) is 8.50. The molecule has 0 aliphatic rings. The number of amides is 1. The van der Waals surface area contributed by atoms with E-state index < -0.39 is 18.0 Å². The van der Waals surface area contributed by atoms with Crippen molar-refractivity contribution in [2.75, 3.05) is 0 Å². The van der Waals surface area contributed by atoms with Crippen LogP contribution in [0.15, 0.2) is 64.3 Å². The van der Waals surface area contributed by atoms with Crippen molar-refractivity contribution >= 4 is 23.6 Å². The Morgan fingerprint density at radius 2 is 2.00 bits per heavy atom. The molecule has 0 radical (unpaired) electrons. The van der Waals surface area contributed by atoms with Crippen LogP contribution in [-0.4, -0.2) is 22.0 Å². The van der Waals surface area contributed by atoms with E-state index in [9.17, 15) is 9.59 Å². The first-order valence-corrected chi connectivity index (χ1v) is 9.08. The van der Waals surface area contributed by atoms with Crippen molar-refractivity contribution in [1.82, 2.24) is 10.1 Å². The molecule has 1 unspecified atom stereocenters. The van der Waals surface area contributed by atoms with Crippen LogP contribution in [0.25, 0.3) is 0 Å². The zero-order valence-corrected chi connectivity index (χ0v) is 15.3. The third kappa shape index (κ3) is 4.73. The molecule has 0 spiro atoms. The summed E-state index contributed by atoms with van der Waals surface area (Å²) >= 11 is 1.32. The van der Waals surface area contributed by atoms with Gasteiger partial charge >= 0.3 is 5.97 Å². The van der Waals surface area contributed by atoms with Gasteiger partial charge in [0.15, 0.2) is 0 Å². The minimum atomic E-state index is -1.17. The van der Waals surface area contributed by atoms with E-state index in [4.69, 9.17) is 15.0 Å². The van der Waals surface area contributed by atoms with Crippen LogP contribution in [0.4, 0.5) is 0 Å². The van der Waals surface area contributed by atoms with Crippen molar-refractivity contribution in [1.29, 1.82) is 0 Å². The number of nitrogens with two attached hydrogens (primary N) is 1. The van der Waals surface area contributed by atoms with Gasteiger partial charge in [-0.3, -0.25) is 4.79 Å². The second-order valence-corrected chi connectivity index (χ2v) is 6.64. The van der Waals surface area contributed by atoms with Crippen LogP contribution in [0.5, 0.6) is 0 Å². The Hall–Kier alpha value is -3.13. The van der Waals surface area contributed by atoms with Gasteiger partial charge in [0.1, 0.15) is 10.8 Å². The van der Waals surface area contributed by atoms with E-state index in [1.54, 1.807) is 55.6 Å². The van der Waals surface area contributed by atoms with Gasteiger partial charge < -0.3 is 15.0 Å². The maximum absolute atomic E-state index is 12.7. The number of ether oxygens (including phenoxy) is 1. The third-order valence-corrected chi connectivity index (χ3v) is 4.65. The molecule has 1 amide bonds. The molecule has 1 aromatic carbocycles. The Morgan fingerprint density at radius 1 is 1.22 bits per heavy atom. The highest BCUT2D eigenvalue weighted by Gasteiger charge is 2.25. The number of hydrogen-bond donors (Lipinski definition) is 1. The minimum absolute atomic E-state index is 0.255. The Kier molecular flexibility index (Phi) is 5.87. The number of aromatic nitrogens is 2. The number of carbonyl (C=O) groups is 2. The van der Waals surface area contributed by atoms with Gasteiger partial charge in [0, 0.05) is 23.6 Å². The molecule has 8 heteroatoms. The SMILES string of the molecule is Cc1cc(CSc2ncccc2C(=O)OC(C(N)=O)c2ccccc2)no1. The molecule has 2 N–H and O–H groups in total. The van der Waals surface area contributed by atoms with Gasteiger partial charge in [-0.05, 0) is 19.1 Å². The largest absolute Gasteiger partial charge is 0.444 e. The van der Waals surface area contributed by atoms with Crippen LogP contribution in [0.1, 0.15) is 33.5 Å². The summed E-state index contributed by atoms with van der Waals surface area (Å²) in [4.78, 5) is 28.7. The predicted molar refractivity (Wildman–Crippen MR) is 98.8 cm³/mol. The van der Waals surface area contributed by atoms with Gasteiger partial charge in [-0.1, -0.05) is 47.3 Å². The number of carbonyl (C=O) groups excluding carboxylic acids is 2. The van der Waals surface area contributed by atoms with Gasteiger partial charge in [0.2, 0.25) is 6.10 Å². The van der Waals surface area contributed by atoms with Crippen LogP contribution in [0, 0.1) is 6.92 Å². The first-order valence-electron chi connectivity index (χ1n) is 8.10. The number of thioether (sulfide) groups is 1. The molecule has 7 nitrogen and oxygen atoms in total. The molecule has 0 fully saturated rings. The zero-order valence-electron chi connectivity index (χ0n) is 14.5. The number of aryl methyl sites for hydroxylation is 1. The Bertz CT molecular complexity index is 943. The normalized spacial score (nSPS) is 11.7. The van der Waals surface area contributed by atoms with E-state index in [0.29, 0.717) is 22.1 Å². The molecule has 0 bridgehead atoms. The van der Waals surface area contributed by atoms with Crippen LogP contribution in [0.3, 0.4) is 0 Å². The van der Waals surface area contributed by atoms with E-state index in [1.165, 1.54) is 11.8 Å². The molecule has 0 saturated heterocycles. The highest BCUT2D eigenvalue weighted by Crippen LogP contribution is 2.26. The number of benzene rings is 1. The number of primary amides is 1. The first-order chi connectivity index (χ1) is 13.0. The van der Waals surface area contributed by atoms with Crippen LogP contribution in [0.2, 0.25) is 0 Å². The molecule has 2 aromatic heterocycles. The summed E-state index contributed by atoms with van der Waals surface area (Å²) in [7, 11) is 0. The van der Waals surface area contributed by atoms with Crippen LogP contribution in [-0.2, 0) is 15.3 Å². The fourth-order valence-electron chi connectivity index (χ4n) is 2.38. The van der Waals surface area contributed by atoms with Crippen molar-refractivity contribution < 1.29 is 18.8 Å². The van der Waals surface area contributed by atoms with Crippen molar-refractivity contribution in [3.8, 4) is 0 Å². The minimum Gasteiger partial charge on any atom is -0.444 e. The molecule has 0 saturated carbocycles. The maximum atomic E-state index is 12.7. The average molecular weight is 383 g/mol. The summed E-state index contributed by atoms with van der Waals surface area (Å²) in [5, 5.41) is 4.39. The Labute approximate surface area is 159 Å². The molecule has 0 aliphatic carbocycles. The molecule has 2 heterocycles. The van der Waals surface area contributed by atoms with Gasteiger partial charge in [-0.2, -0.15) is 0 Å². The lowest BCUT2D eigenvalue weighted by Crippen LogP contribution is -2.26. The van der Waals surface area contributed by atoms with Crippen LogP contribution >= 0.6 is 11.8 Å². The van der Waals surface area contributed by atoms with E-state index >= 15 is 0 Å². The molecule has 3 aromatic rings. The number of nitrogens with zero attached hydrogens (tertiary/aromatic N) is 2. The van der Waals surface area contributed by atoms with E-state index in [-0.39, 0.29) is 5.56 Å². The molecular formula is C19H17N3O4S. The van der Waals surface area contributed by atoms with Crippen molar-refractivity contribution in [3.63, 3.8) is 0 Å². The average Bonchev–Trinajstić information content (AvgIpc) is 3.10. The highest BCUT2D eigenvalue weighted by atomic mass is 32.2. The molecule has 27 heavy (non-hydrogen) atoms. The highest BCUT2D eigenvalue weighted by molar-refractivity contribution is 7.98. The van der Waals surface area contributed by atoms with Gasteiger partial charge in [0.05, 0.1) is 11.3 Å². The lowest BCUT2D eigenvalue weighted by Gasteiger charge is -2.16. The summed E-state index contributed by atoms with van der Waals surface area (Å²) in [5.74, 6) is -0.231. The molecule has 138 valence electrons. The maximum Gasteiger partial charge on any atom is 0.342 e. The number of hydrogen-bond acceptors (Lipinski definition) is 7. The zero-order chi connectivity index (χ0) is 19.2. The van der Waals surface area contributed by atoms with Crippen molar-refractivity contribution in [3.05, 3.63) is 77.3 Å². The smallest absolute Gasteiger partial charge is 0.342 e. The number of esters is 1. The van der Waals surface area contributed by atoms with Crippen LogP contribution < -0.4 is 5.73 Å². The lowest BCUT2D eigenvalue weighted by atomic mass is 10.1. The summed E-state index contributed by atoms with van der Waals surface area (Å²) < 4.78 is 10.4. The molecule has 1 atom stereocenters. The Morgan fingerprint density at radius 3 is 2.67 bits per heavy atom. The van der Waals surface area contributed by atoms with Crippen molar-refractivity contribution in [2.24, 2.45) is 5.73 Å². The fraction of sp³-hybridized carbons (Fsp3) is 0.158. The topological polar surface area (TPSA) is 108 Å². The monoisotopic (exact) mass is 383 g/mol. The van der Waals surface area contributed by atoms with Gasteiger partial charge in [0.25, 0.3) is 5.91 Å². The molecular weight excluding hydrogens is 366 g/mol. The van der Waals surface area contributed by atoms with E-state index in [1.807, 2.05) is 6.07 Å². The third-order valence-electron chi connectivity index (χ3n) is 3.61. The van der Waals surface area contributed by atoms with Gasteiger partial charge in [-0.15, -0.1) is 0 Å². The Balaban J connectivity index is 1.77. The molecule has 0 aliphatic heterocycles. The predicted octanol–water partition coefficient (Wildman–Crippen LogP) is 3.05. The first kappa shape index (κ1) is 18.7. The number of rotatable bonds is 7. The van der Waals surface area contributed by atoms with Crippen molar-refractivity contribution in [2.45, 2.75) is 23.8 Å². The van der Waals surface area contributed by atoms with E-state index in [0.717, 1.165) is 5.69 Å².